The fourth-order valence-corrected chi connectivity index (χ4v) is 1.99. The molecule has 0 aromatic heterocycles. The molecule has 1 rings (SSSR count). The van der Waals surface area contributed by atoms with E-state index in [1.807, 2.05) is 0 Å². The Morgan fingerprint density at radius 1 is 1.50 bits per heavy atom. The van der Waals surface area contributed by atoms with E-state index >= 15 is 0 Å². The van der Waals surface area contributed by atoms with Gasteiger partial charge in [0.2, 0.25) is 0 Å². The predicted octanol–water partition coefficient (Wildman–Crippen LogP) is 2.44. The first-order valence-electron chi connectivity index (χ1n) is 5.31. The first-order valence-corrected chi connectivity index (χ1v) is 6.64. The number of rotatable bonds is 6. The maximum atomic E-state index is 12.1. The molecule has 6 heteroatoms. The third kappa shape index (κ3) is 4.15. The molecule has 4 nitrogen and oxygen atoms in total. The number of alkyl halides is 1. The van der Waals surface area contributed by atoms with Gasteiger partial charge in [-0.05, 0) is 34.1 Å². The highest BCUT2D eigenvalue weighted by Gasteiger charge is 2.15. The Morgan fingerprint density at radius 2 is 2.22 bits per heavy atom. The highest BCUT2D eigenvalue weighted by atomic mass is 79.9. The second-order valence-electron chi connectivity index (χ2n) is 3.63. The number of carbonyl (C=O) groups is 1. The summed E-state index contributed by atoms with van der Waals surface area (Å²) in [5.41, 5.74) is 0.501. The van der Waals surface area contributed by atoms with Crippen molar-refractivity contribution >= 4 is 33.4 Å². The van der Waals surface area contributed by atoms with Crippen LogP contribution in [0.2, 0.25) is 0 Å². The Kier molecular flexibility index (Phi) is 6.46. The van der Waals surface area contributed by atoms with Crippen molar-refractivity contribution in [3.63, 3.8) is 0 Å². The maximum absolute atomic E-state index is 12.1. The molecular formula is C12H15BrClNO3. The maximum Gasteiger partial charge on any atom is 0.252 e. The molecule has 1 aromatic carbocycles. The second-order valence-corrected chi connectivity index (χ2v) is 4.79. The van der Waals surface area contributed by atoms with Gasteiger partial charge in [-0.25, -0.2) is 0 Å². The lowest BCUT2D eigenvalue weighted by molar-refractivity contribution is 0.0905. The normalized spacial score (nSPS) is 12.0. The molecule has 0 bridgehead atoms. The van der Waals surface area contributed by atoms with Gasteiger partial charge in [0, 0.05) is 17.5 Å². The summed E-state index contributed by atoms with van der Waals surface area (Å²) in [6, 6.07) is 4.98. The fraction of sp³-hybridized carbons (Fsp3) is 0.417. The van der Waals surface area contributed by atoms with Gasteiger partial charge in [0.25, 0.3) is 5.91 Å². The van der Waals surface area contributed by atoms with Gasteiger partial charge in [0.05, 0.1) is 25.3 Å². The molecule has 0 aliphatic heterocycles. The molecule has 0 aliphatic rings. The molecule has 1 N–H and O–H groups in total. The number of methoxy groups -OCH3 is 2. The van der Waals surface area contributed by atoms with Crippen molar-refractivity contribution in [3.8, 4) is 5.75 Å². The van der Waals surface area contributed by atoms with Crippen molar-refractivity contribution < 1.29 is 14.3 Å². The van der Waals surface area contributed by atoms with Crippen LogP contribution in [0.4, 0.5) is 0 Å². The molecule has 1 aromatic rings. The van der Waals surface area contributed by atoms with Crippen LogP contribution in [0.25, 0.3) is 0 Å². The smallest absolute Gasteiger partial charge is 0.252 e. The van der Waals surface area contributed by atoms with Crippen LogP contribution < -0.4 is 10.1 Å². The average molecular weight is 337 g/mol. The van der Waals surface area contributed by atoms with Crippen molar-refractivity contribution in [2.45, 2.75) is 6.04 Å². The Hall–Kier alpha value is -0.780. The fourth-order valence-electron chi connectivity index (χ4n) is 1.39. The van der Waals surface area contributed by atoms with Crippen LogP contribution in [0.3, 0.4) is 0 Å². The summed E-state index contributed by atoms with van der Waals surface area (Å²) in [6.45, 7) is 0.372. The van der Waals surface area contributed by atoms with Gasteiger partial charge in [0.15, 0.2) is 0 Å². The Bertz CT molecular complexity index is 414. The standard InChI is InChI=1S/C12H15BrClNO3/c1-17-7-8(6-14)15-12(16)10-5-9(18-2)3-4-11(10)13/h3-5,8H,6-7H2,1-2H3,(H,15,16). The lowest BCUT2D eigenvalue weighted by Gasteiger charge is -2.16. The van der Waals surface area contributed by atoms with Crippen LogP contribution in [0.1, 0.15) is 10.4 Å². The summed E-state index contributed by atoms with van der Waals surface area (Å²) in [4.78, 5) is 12.1. The molecule has 100 valence electrons. The number of carbonyl (C=O) groups excluding carboxylic acids is 1. The summed E-state index contributed by atoms with van der Waals surface area (Å²) < 4.78 is 10.8. The largest absolute Gasteiger partial charge is 0.497 e. The number of halogens is 2. The summed E-state index contributed by atoms with van der Waals surface area (Å²) in [5, 5.41) is 2.79. The zero-order valence-electron chi connectivity index (χ0n) is 10.2. The molecule has 0 radical (unpaired) electrons. The molecule has 1 amide bonds. The predicted molar refractivity (Wildman–Crippen MR) is 74.5 cm³/mol. The van der Waals surface area contributed by atoms with E-state index in [0.29, 0.717) is 28.3 Å². The summed E-state index contributed by atoms with van der Waals surface area (Å²) >= 11 is 9.08. The van der Waals surface area contributed by atoms with E-state index in [1.165, 1.54) is 0 Å². The van der Waals surface area contributed by atoms with Gasteiger partial charge in [-0.3, -0.25) is 4.79 Å². The number of nitrogens with one attached hydrogen (secondary N) is 1. The molecular weight excluding hydrogens is 321 g/mol. The van der Waals surface area contributed by atoms with E-state index in [2.05, 4.69) is 21.2 Å². The van der Waals surface area contributed by atoms with Crippen LogP contribution in [0.15, 0.2) is 22.7 Å². The Morgan fingerprint density at radius 3 is 2.78 bits per heavy atom. The van der Waals surface area contributed by atoms with E-state index in [4.69, 9.17) is 21.1 Å². The first kappa shape index (κ1) is 15.3. The van der Waals surface area contributed by atoms with Crippen LogP contribution in [-0.4, -0.2) is 38.7 Å². The number of hydrogen-bond donors (Lipinski definition) is 1. The van der Waals surface area contributed by atoms with Gasteiger partial charge in [-0.1, -0.05) is 0 Å². The highest BCUT2D eigenvalue weighted by Crippen LogP contribution is 2.22. The Balaban J connectivity index is 2.82. The monoisotopic (exact) mass is 335 g/mol. The van der Waals surface area contributed by atoms with Gasteiger partial charge in [-0.15, -0.1) is 11.6 Å². The lowest BCUT2D eigenvalue weighted by Crippen LogP contribution is -2.39. The molecule has 0 saturated carbocycles. The number of hydrogen-bond acceptors (Lipinski definition) is 3. The highest BCUT2D eigenvalue weighted by molar-refractivity contribution is 9.10. The minimum Gasteiger partial charge on any atom is -0.497 e. The van der Waals surface area contributed by atoms with Crippen LogP contribution in [0.5, 0.6) is 5.75 Å². The second kappa shape index (κ2) is 7.61. The SMILES string of the molecule is COCC(CCl)NC(=O)c1cc(OC)ccc1Br. The number of amides is 1. The van der Waals surface area contributed by atoms with Crippen LogP contribution in [-0.2, 0) is 4.74 Å². The number of benzene rings is 1. The summed E-state index contributed by atoms with van der Waals surface area (Å²) in [7, 11) is 3.12. The average Bonchev–Trinajstić information content (AvgIpc) is 2.38. The van der Waals surface area contributed by atoms with E-state index < -0.39 is 0 Å². The molecule has 0 saturated heterocycles. The van der Waals surface area contributed by atoms with Crippen LogP contribution >= 0.6 is 27.5 Å². The zero-order chi connectivity index (χ0) is 13.5. The topological polar surface area (TPSA) is 47.6 Å². The first-order chi connectivity index (χ1) is 8.62. The minimum atomic E-state index is -0.220. The third-order valence-corrected chi connectivity index (χ3v) is 3.37. The van der Waals surface area contributed by atoms with Crippen molar-refractivity contribution in [3.05, 3.63) is 28.2 Å². The number of ether oxygens (including phenoxy) is 2. The lowest BCUT2D eigenvalue weighted by atomic mass is 10.2. The van der Waals surface area contributed by atoms with Crippen molar-refractivity contribution in [1.82, 2.24) is 5.32 Å². The zero-order valence-corrected chi connectivity index (χ0v) is 12.5. The molecule has 18 heavy (non-hydrogen) atoms. The Labute approximate surface area is 120 Å². The molecule has 1 atom stereocenters. The quantitative estimate of drug-likeness (QED) is 0.812. The van der Waals surface area contributed by atoms with E-state index in [1.54, 1.807) is 32.4 Å². The van der Waals surface area contributed by atoms with E-state index in [0.717, 1.165) is 0 Å². The minimum absolute atomic E-state index is 0.219. The third-order valence-electron chi connectivity index (χ3n) is 2.31. The molecule has 0 fully saturated rings. The van der Waals surface area contributed by atoms with Crippen molar-refractivity contribution in [2.24, 2.45) is 0 Å². The summed E-state index contributed by atoms with van der Waals surface area (Å²) in [5.74, 6) is 0.697. The van der Waals surface area contributed by atoms with Gasteiger partial charge in [-0.2, -0.15) is 0 Å². The van der Waals surface area contributed by atoms with Crippen molar-refractivity contribution in [1.29, 1.82) is 0 Å². The molecule has 0 heterocycles. The van der Waals surface area contributed by atoms with E-state index in [9.17, 15) is 4.79 Å². The van der Waals surface area contributed by atoms with Crippen LogP contribution in [0, 0.1) is 0 Å². The molecule has 0 spiro atoms. The van der Waals surface area contributed by atoms with Gasteiger partial charge in [0.1, 0.15) is 5.75 Å². The van der Waals surface area contributed by atoms with Gasteiger partial charge >= 0.3 is 0 Å². The summed E-state index contributed by atoms with van der Waals surface area (Å²) in [6.07, 6.45) is 0. The molecule has 1 unspecified atom stereocenters. The van der Waals surface area contributed by atoms with Crippen molar-refractivity contribution in [2.75, 3.05) is 26.7 Å². The van der Waals surface area contributed by atoms with Gasteiger partial charge < -0.3 is 14.8 Å². The van der Waals surface area contributed by atoms with E-state index in [-0.39, 0.29) is 11.9 Å². The molecule has 0 aliphatic carbocycles.